The van der Waals surface area contributed by atoms with Crippen LogP contribution in [-0.2, 0) is 39.8 Å². The Morgan fingerprint density at radius 3 is 2.33 bits per heavy atom. The van der Waals surface area contributed by atoms with Crippen molar-refractivity contribution >= 4 is 17.8 Å². The molecule has 1 N–H and O–H groups in total. The van der Waals surface area contributed by atoms with E-state index in [1.54, 1.807) is 14.0 Å². The summed E-state index contributed by atoms with van der Waals surface area (Å²) >= 11 is 0. The van der Waals surface area contributed by atoms with Gasteiger partial charge in [0.15, 0.2) is 5.78 Å². The van der Waals surface area contributed by atoms with E-state index in [1.165, 1.54) is 6.92 Å². The van der Waals surface area contributed by atoms with Gasteiger partial charge >= 0.3 is 12.1 Å². The van der Waals surface area contributed by atoms with Crippen molar-refractivity contribution in [2.75, 3.05) is 46.8 Å². The molecule has 184 valence electrons. The maximum atomic E-state index is 13.4. The molecule has 1 fully saturated rings. The highest BCUT2D eigenvalue weighted by atomic mass is 16.6. The van der Waals surface area contributed by atoms with E-state index in [1.807, 2.05) is 30.3 Å². The van der Waals surface area contributed by atoms with Gasteiger partial charge in [0.2, 0.25) is 0 Å². The second-order valence-electron chi connectivity index (χ2n) is 8.39. The lowest BCUT2D eigenvalue weighted by Crippen LogP contribution is -2.47. The number of nitrogens with one attached hydrogen (secondary N) is 1. The fraction of sp³-hybridized carbons (Fsp3) is 0.625. The second-order valence-corrected chi connectivity index (χ2v) is 8.39. The summed E-state index contributed by atoms with van der Waals surface area (Å²) in [5.74, 6) is -0.742. The Balaban J connectivity index is 1.87. The Kier molecular flexibility index (Phi) is 10.8. The van der Waals surface area contributed by atoms with Gasteiger partial charge in [-0.3, -0.25) is 9.59 Å². The molecule has 1 atom stereocenters. The first kappa shape index (κ1) is 26.8. The molecule has 0 bridgehead atoms. The van der Waals surface area contributed by atoms with Crippen LogP contribution in [0.2, 0.25) is 0 Å². The minimum atomic E-state index is -1.22. The topological polar surface area (TPSA) is 109 Å². The van der Waals surface area contributed by atoms with Crippen molar-refractivity contribution in [3.05, 3.63) is 35.9 Å². The Hall–Kier alpha value is -2.49. The van der Waals surface area contributed by atoms with E-state index in [9.17, 15) is 14.4 Å². The molecule has 1 aliphatic carbocycles. The van der Waals surface area contributed by atoms with Crippen molar-refractivity contribution in [1.29, 1.82) is 0 Å². The van der Waals surface area contributed by atoms with E-state index < -0.39 is 23.1 Å². The van der Waals surface area contributed by atoms with E-state index in [0.717, 1.165) is 5.56 Å². The molecule has 0 radical (unpaired) electrons. The van der Waals surface area contributed by atoms with Gasteiger partial charge in [-0.15, -0.1) is 0 Å². The second kappa shape index (κ2) is 13.3. The van der Waals surface area contributed by atoms with Gasteiger partial charge in [0.1, 0.15) is 18.8 Å². The third-order valence-corrected chi connectivity index (χ3v) is 5.30. The molecule has 0 heterocycles. The normalized spacial score (nSPS) is 15.8. The summed E-state index contributed by atoms with van der Waals surface area (Å²) in [6.07, 6.45) is 1.13. The molecule has 9 nitrogen and oxygen atoms in total. The Morgan fingerprint density at radius 1 is 1.00 bits per heavy atom. The van der Waals surface area contributed by atoms with Crippen LogP contribution in [0.25, 0.3) is 0 Å². The molecule has 0 saturated heterocycles. The number of amides is 1. The summed E-state index contributed by atoms with van der Waals surface area (Å²) in [5, 5.41) is 2.66. The van der Waals surface area contributed by atoms with Crippen LogP contribution in [0.4, 0.5) is 4.79 Å². The summed E-state index contributed by atoms with van der Waals surface area (Å²) < 4.78 is 26.7. The molecule has 1 aliphatic rings. The summed E-state index contributed by atoms with van der Waals surface area (Å²) in [4.78, 5) is 37.0. The van der Waals surface area contributed by atoms with E-state index in [2.05, 4.69) is 5.32 Å². The predicted octanol–water partition coefficient (Wildman–Crippen LogP) is 2.65. The largest absolute Gasteiger partial charge is 0.465 e. The lowest BCUT2D eigenvalue weighted by molar-refractivity contribution is -0.156. The smallest absolute Gasteiger partial charge is 0.407 e. The predicted molar refractivity (Wildman–Crippen MR) is 120 cm³/mol. The molecule has 1 aromatic carbocycles. The van der Waals surface area contributed by atoms with Gasteiger partial charge in [0.05, 0.1) is 25.2 Å². The molecule has 0 aliphatic heterocycles. The molecule has 0 spiro atoms. The summed E-state index contributed by atoms with van der Waals surface area (Å²) in [7, 11) is 1.61. The Bertz CT molecular complexity index is 765. The monoisotopic (exact) mass is 465 g/mol. The average Bonchev–Trinajstić information content (AvgIpc) is 3.60. The average molecular weight is 466 g/mol. The fourth-order valence-corrected chi connectivity index (χ4v) is 3.25. The maximum absolute atomic E-state index is 13.4. The van der Waals surface area contributed by atoms with Crippen LogP contribution in [0, 0.1) is 5.41 Å². The highest BCUT2D eigenvalue weighted by molar-refractivity contribution is 5.95. The van der Waals surface area contributed by atoms with Gasteiger partial charge < -0.3 is 29.0 Å². The first-order valence-corrected chi connectivity index (χ1v) is 11.1. The van der Waals surface area contributed by atoms with Crippen molar-refractivity contribution in [3.63, 3.8) is 0 Å². The van der Waals surface area contributed by atoms with Gasteiger partial charge in [-0.1, -0.05) is 30.3 Å². The molecule has 2 rings (SSSR count). The minimum Gasteiger partial charge on any atom is -0.465 e. The number of rotatable bonds is 16. The Labute approximate surface area is 195 Å². The molecule has 1 amide bonds. The molecule has 1 unspecified atom stereocenters. The zero-order valence-electron chi connectivity index (χ0n) is 19.7. The number of ketones is 1. The molecular formula is C24H35NO8. The first-order valence-electron chi connectivity index (χ1n) is 11.1. The van der Waals surface area contributed by atoms with E-state index in [4.69, 9.17) is 23.7 Å². The standard InChI is InChI=1S/C24H35NO8/c1-19(26)31-17-23(2,18-32-22(28)25-16-20-8-5-4-6-9-20)21(27)24(10-11-24)33-13-7-12-30-15-14-29-3/h4-6,8-9H,7,10-18H2,1-3H3,(H,25,28). The highest BCUT2D eigenvalue weighted by Crippen LogP contribution is 2.45. The SMILES string of the molecule is COCCOCCCOC1(C(=O)C(C)(COC(C)=O)COC(=O)NCc2ccccc2)CC1. The zero-order valence-corrected chi connectivity index (χ0v) is 19.7. The van der Waals surface area contributed by atoms with Crippen LogP contribution < -0.4 is 5.32 Å². The van der Waals surface area contributed by atoms with Gasteiger partial charge in [0, 0.05) is 27.2 Å². The third-order valence-electron chi connectivity index (χ3n) is 5.30. The van der Waals surface area contributed by atoms with Crippen molar-refractivity contribution < 1.29 is 38.1 Å². The van der Waals surface area contributed by atoms with Gasteiger partial charge in [0.25, 0.3) is 0 Å². The van der Waals surface area contributed by atoms with Crippen LogP contribution in [0.3, 0.4) is 0 Å². The van der Waals surface area contributed by atoms with Crippen LogP contribution in [0.15, 0.2) is 30.3 Å². The van der Waals surface area contributed by atoms with E-state index >= 15 is 0 Å². The van der Waals surface area contributed by atoms with Crippen LogP contribution in [-0.4, -0.2) is 70.2 Å². The summed E-state index contributed by atoms with van der Waals surface area (Å²) in [6.45, 7) is 4.66. The number of carbonyl (C=O) groups is 3. The molecule has 33 heavy (non-hydrogen) atoms. The van der Waals surface area contributed by atoms with Crippen molar-refractivity contribution in [2.45, 2.75) is 45.3 Å². The Morgan fingerprint density at radius 2 is 1.70 bits per heavy atom. The fourth-order valence-electron chi connectivity index (χ4n) is 3.25. The summed E-state index contributed by atoms with van der Waals surface area (Å²) in [6, 6.07) is 9.39. The van der Waals surface area contributed by atoms with Gasteiger partial charge in [-0.2, -0.15) is 0 Å². The number of esters is 1. The van der Waals surface area contributed by atoms with Crippen molar-refractivity contribution in [1.82, 2.24) is 5.32 Å². The quantitative estimate of drug-likeness (QED) is 0.293. The number of benzene rings is 1. The third kappa shape index (κ3) is 9.11. The maximum Gasteiger partial charge on any atom is 0.407 e. The van der Waals surface area contributed by atoms with Gasteiger partial charge in [-0.05, 0) is 31.7 Å². The number of hydrogen-bond donors (Lipinski definition) is 1. The lowest BCUT2D eigenvalue weighted by Gasteiger charge is -2.31. The number of alkyl carbamates (subject to hydrolysis) is 1. The van der Waals surface area contributed by atoms with Crippen LogP contribution >= 0.6 is 0 Å². The molecule has 0 aromatic heterocycles. The van der Waals surface area contributed by atoms with Crippen molar-refractivity contribution in [2.24, 2.45) is 5.41 Å². The minimum absolute atomic E-state index is 0.196. The van der Waals surface area contributed by atoms with Crippen LogP contribution in [0.1, 0.15) is 38.7 Å². The van der Waals surface area contributed by atoms with Crippen molar-refractivity contribution in [3.8, 4) is 0 Å². The molecule has 1 aromatic rings. The number of hydrogen-bond acceptors (Lipinski definition) is 8. The van der Waals surface area contributed by atoms with E-state index in [-0.39, 0.29) is 19.0 Å². The molecule has 9 heteroatoms. The number of carbonyl (C=O) groups excluding carboxylic acids is 3. The lowest BCUT2D eigenvalue weighted by atomic mass is 9.83. The van der Waals surface area contributed by atoms with E-state index in [0.29, 0.717) is 52.2 Å². The molecular weight excluding hydrogens is 430 g/mol. The van der Waals surface area contributed by atoms with Crippen LogP contribution in [0.5, 0.6) is 0 Å². The van der Waals surface area contributed by atoms with Gasteiger partial charge in [-0.25, -0.2) is 4.79 Å². The summed E-state index contributed by atoms with van der Waals surface area (Å²) in [5.41, 5.74) is -1.24. The number of Topliss-reactive ketones (excluding diaryl/α,β-unsaturated/α-hetero) is 1. The number of ether oxygens (including phenoxy) is 5. The molecule has 1 saturated carbocycles. The highest BCUT2D eigenvalue weighted by Gasteiger charge is 2.57. The zero-order chi connectivity index (χ0) is 24.2. The first-order chi connectivity index (χ1) is 15.8. The number of methoxy groups -OCH3 is 1.